The molecule has 2 atom stereocenters. The number of unbranched alkanes of at least 4 members (excludes halogenated alkanes) is 4. The molecule has 0 amide bonds. The first-order valence-electron chi connectivity index (χ1n) is 15.2. The first-order chi connectivity index (χ1) is 19.9. The van der Waals surface area contributed by atoms with Crippen LogP contribution in [-0.4, -0.2) is 42.8 Å². The zero-order valence-electron chi connectivity index (χ0n) is 26.2. The zero-order valence-corrected chi connectivity index (χ0v) is 26.2. The number of carbonyl (C=O) groups is 3. The van der Waals surface area contributed by atoms with Gasteiger partial charge in [-0.2, -0.15) is 0 Å². The van der Waals surface area contributed by atoms with Crippen LogP contribution in [0.5, 0.6) is 11.5 Å². The summed E-state index contributed by atoms with van der Waals surface area (Å²) < 4.78 is 21.1. The van der Waals surface area contributed by atoms with Gasteiger partial charge in [-0.1, -0.05) is 64.0 Å². The Hall–Kier alpha value is -3.03. The van der Waals surface area contributed by atoms with Crippen LogP contribution in [0, 0.1) is 32.6 Å². The average molecular weight is 587 g/mol. The third kappa shape index (κ3) is 11.3. The minimum Gasteiger partial charge on any atom is -0.507 e. The number of cyclic esters (lactones) is 1. The van der Waals surface area contributed by atoms with Gasteiger partial charge in [-0.25, -0.2) is 4.79 Å². The van der Waals surface area contributed by atoms with E-state index in [9.17, 15) is 19.5 Å². The third-order valence-electron chi connectivity index (χ3n) is 7.76. The largest absolute Gasteiger partial charge is 0.507 e. The molecular formula is C34H50O8. The summed E-state index contributed by atoms with van der Waals surface area (Å²) in [7, 11) is 1.54. The molecular weight excluding hydrogens is 536 g/mol. The van der Waals surface area contributed by atoms with Crippen molar-refractivity contribution in [3.8, 4) is 11.5 Å². The third-order valence-corrected chi connectivity index (χ3v) is 7.76. The summed E-state index contributed by atoms with van der Waals surface area (Å²) in [5.74, 6) is 0.105. The Balaban J connectivity index is 1.62. The second-order valence-corrected chi connectivity index (χ2v) is 11.7. The SMILES string of the molecule is [CH2]C([CH2])OC(=O)CC(C)CCCCCCCC(C)COC(=O)CC/C(C)=C/Cc1c(O)c2c(c(C)c1OC)COC2=O. The molecule has 0 bridgehead atoms. The molecule has 1 aromatic rings. The van der Waals surface area contributed by atoms with Gasteiger partial charge in [-0.3, -0.25) is 9.59 Å². The molecule has 2 radical (unpaired) electrons. The highest BCUT2D eigenvalue weighted by atomic mass is 16.5. The standard InChI is InChI=1S/C34H50O8/c1-22(2)42-30(36)19-24(4)13-11-9-8-10-12-14-25(5)20-40-29(35)18-16-23(3)15-17-27-32(37)31-28(21-41-34(31)38)26(6)33(27)39-7/h15,22,24-25,37H,1-2,8-14,16-21H2,3-7H3/b23-15+. The van der Waals surface area contributed by atoms with Gasteiger partial charge < -0.3 is 24.1 Å². The molecule has 0 saturated heterocycles. The van der Waals surface area contributed by atoms with Crippen LogP contribution in [0.4, 0.5) is 0 Å². The quantitative estimate of drug-likeness (QED) is 0.0787. The minimum absolute atomic E-state index is 0.0982. The number of allylic oxidation sites excluding steroid dienone is 2. The number of hydrogen-bond donors (Lipinski definition) is 1. The zero-order chi connectivity index (χ0) is 31.2. The molecule has 0 spiro atoms. The summed E-state index contributed by atoms with van der Waals surface area (Å²) >= 11 is 0. The van der Waals surface area contributed by atoms with Gasteiger partial charge in [0.2, 0.25) is 0 Å². The smallest absolute Gasteiger partial charge is 0.342 e. The number of aromatic hydroxyl groups is 1. The Morgan fingerprint density at radius 2 is 1.67 bits per heavy atom. The maximum Gasteiger partial charge on any atom is 0.342 e. The fourth-order valence-electron chi connectivity index (χ4n) is 5.23. The number of phenols is 1. The van der Waals surface area contributed by atoms with E-state index in [2.05, 4.69) is 27.7 Å². The normalized spacial score (nSPS) is 14.4. The molecule has 1 aliphatic heterocycles. The highest BCUT2D eigenvalue weighted by molar-refractivity contribution is 5.98. The number of esters is 3. The molecule has 8 nitrogen and oxygen atoms in total. The number of hydrogen-bond acceptors (Lipinski definition) is 8. The molecule has 2 rings (SSSR count). The lowest BCUT2D eigenvalue weighted by atomic mass is 9.94. The van der Waals surface area contributed by atoms with E-state index in [1.54, 1.807) is 7.11 Å². The summed E-state index contributed by atoms with van der Waals surface area (Å²) in [5, 5.41) is 10.8. The number of benzene rings is 1. The van der Waals surface area contributed by atoms with Gasteiger partial charge in [0.1, 0.15) is 29.8 Å². The van der Waals surface area contributed by atoms with Crippen LogP contribution in [0.15, 0.2) is 11.6 Å². The second-order valence-electron chi connectivity index (χ2n) is 11.7. The van der Waals surface area contributed by atoms with Crippen molar-refractivity contribution in [1.82, 2.24) is 0 Å². The second kappa shape index (κ2) is 17.8. The number of carbonyl (C=O) groups excluding carboxylic acids is 3. The van der Waals surface area contributed by atoms with Gasteiger partial charge in [-0.15, -0.1) is 0 Å². The van der Waals surface area contributed by atoms with Gasteiger partial charge in [-0.05, 0) is 64.4 Å². The number of rotatable bonds is 19. The topological polar surface area (TPSA) is 108 Å². The Labute approximate surface area is 252 Å². The van der Waals surface area contributed by atoms with E-state index >= 15 is 0 Å². The Kier molecular flexibility index (Phi) is 14.9. The van der Waals surface area contributed by atoms with Crippen LogP contribution >= 0.6 is 0 Å². The van der Waals surface area contributed by atoms with Gasteiger partial charge in [0.05, 0.1) is 13.7 Å². The van der Waals surface area contributed by atoms with E-state index in [1.807, 2.05) is 19.9 Å². The van der Waals surface area contributed by atoms with Crippen molar-refractivity contribution in [1.29, 1.82) is 0 Å². The summed E-state index contributed by atoms with van der Waals surface area (Å²) in [6, 6.07) is 0. The molecule has 2 unspecified atom stereocenters. The van der Waals surface area contributed by atoms with Crippen molar-refractivity contribution < 1.29 is 38.4 Å². The van der Waals surface area contributed by atoms with E-state index in [4.69, 9.17) is 18.9 Å². The van der Waals surface area contributed by atoms with Crippen LogP contribution in [-0.2, 0) is 36.8 Å². The highest BCUT2D eigenvalue weighted by Crippen LogP contribution is 2.42. The van der Waals surface area contributed by atoms with Crippen molar-refractivity contribution in [3.05, 3.63) is 47.8 Å². The number of methoxy groups -OCH3 is 1. The van der Waals surface area contributed by atoms with Crippen LogP contribution < -0.4 is 4.74 Å². The van der Waals surface area contributed by atoms with E-state index in [-0.39, 0.29) is 36.3 Å². The highest BCUT2D eigenvalue weighted by Gasteiger charge is 2.31. The predicted octanol–water partition coefficient (Wildman–Crippen LogP) is 7.16. The monoisotopic (exact) mass is 586 g/mol. The molecule has 1 heterocycles. The van der Waals surface area contributed by atoms with Crippen LogP contribution in [0.1, 0.15) is 112 Å². The summed E-state index contributed by atoms with van der Waals surface area (Å²) in [4.78, 5) is 36.1. The molecule has 1 aromatic carbocycles. The average Bonchev–Trinajstić information content (AvgIpc) is 3.32. The molecule has 234 valence electrons. The van der Waals surface area contributed by atoms with E-state index < -0.39 is 12.1 Å². The lowest BCUT2D eigenvalue weighted by Crippen LogP contribution is -2.14. The van der Waals surface area contributed by atoms with Gasteiger partial charge in [0.25, 0.3) is 0 Å². The van der Waals surface area contributed by atoms with E-state index in [1.165, 1.54) is 0 Å². The Morgan fingerprint density at radius 1 is 1.02 bits per heavy atom. The molecule has 0 aromatic heterocycles. The molecule has 42 heavy (non-hydrogen) atoms. The maximum atomic E-state index is 12.3. The van der Waals surface area contributed by atoms with Crippen molar-refractivity contribution >= 4 is 17.9 Å². The molecule has 0 fully saturated rings. The number of ether oxygens (including phenoxy) is 4. The van der Waals surface area contributed by atoms with Gasteiger partial charge in [0.15, 0.2) is 0 Å². The lowest BCUT2D eigenvalue weighted by molar-refractivity contribution is -0.146. The number of fused-ring (bicyclic) bond motifs is 1. The van der Waals surface area contributed by atoms with Crippen molar-refractivity contribution in [2.24, 2.45) is 11.8 Å². The van der Waals surface area contributed by atoms with Crippen LogP contribution in [0.3, 0.4) is 0 Å². The molecule has 8 heteroatoms. The maximum absolute atomic E-state index is 12.3. The van der Waals surface area contributed by atoms with Crippen molar-refractivity contribution in [3.63, 3.8) is 0 Å². The van der Waals surface area contributed by atoms with Crippen molar-refractivity contribution in [2.45, 2.75) is 111 Å². The van der Waals surface area contributed by atoms with Gasteiger partial charge >= 0.3 is 17.9 Å². The molecule has 0 aliphatic carbocycles. The van der Waals surface area contributed by atoms with Crippen LogP contribution in [0.25, 0.3) is 0 Å². The van der Waals surface area contributed by atoms with E-state index in [0.717, 1.165) is 56.1 Å². The summed E-state index contributed by atoms with van der Waals surface area (Å²) in [5.41, 5.74) is 3.20. The minimum atomic E-state index is -0.549. The fourth-order valence-corrected chi connectivity index (χ4v) is 5.23. The summed E-state index contributed by atoms with van der Waals surface area (Å²) in [6.07, 6.45) is 10.7. The Morgan fingerprint density at radius 3 is 2.31 bits per heavy atom. The lowest BCUT2D eigenvalue weighted by Gasteiger charge is -2.15. The molecule has 1 aliphatic rings. The molecule has 1 N–H and O–H groups in total. The predicted molar refractivity (Wildman–Crippen MR) is 162 cm³/mol. The Bertz CT molecular complexity index is 1090. The first kappa shape index (κ1) is 35.2. The fraction of sp³-hybridized carbons (Fsp3) is 0.618. The summed E-state index contributed by atoms with van der Waals surface area (Å²) in [6.45, 7) is 15.7. The van der Waals surface area contributed by atoms with Gasteiger partial charge in [0, 0.05) is 24.0 Å². The number of phenolic OH excluding ortho intramolecular Hbond substituents is 1. The van der Waals surface area contributed by atoms with Crippen LogP contribution in [0.2, 0.25) is 0 Å². The van der Waals surface area contributed by atoms with E-state index in [0.29, 0.717) is 54.6 Å². The first-order valence-corrected chi connectivity index (χ1v) is 15.2. The van der Waals surface area contributed by atoms with Crippen molar-refractivity contribution in [2.75, 3.05) is 13.7 Å². The molecule has 0 saturated carbocycles.